The number of nitrogens with zero attached hydrogens (tertiary/aromatic N) is 3. The van der Waals surface area contributed by atoms with E-state index in [4.69, 9.17) is 4.74 Å². The normalized spacial score (nSPS) is 19.0. The lowest BCUT2D eigenvalue weighted by atomic mass is 9.95. The standard InChI is InChI=1S/C14H24N4O/c1-5-15-13-12(19-4)14(17-9-16-13)18-7-6-11(8-18)10(2)3/h9-11H,5-8H2,1-4H3,(H,15,16,17). The Labute approximate surface area is 115 Å². The number of hydrogen-bond acceptors (Lipinski definition) is 5. The van der Waals surface area contributed by atoms with Gasteiger partial charge in [-0.05, 0) is 25.2 Å². The van der Waals surface area contributed by atoms with Crippen LogP contribution in [0.4, 0.5) is 11.6 Å². The summed E-state index contributed by atoms with van der Waals surface area (Å²) in [4.78, 5) is 11.0. The molecule has 2 heterocycles. The van der Waals surface area contributed by atoms with Crippen LogP contribution in [0.5, 0.6) is 5.75 Å². The molecule has 0 saturated carbocycles. The molecule has 2 rings (SSSR count). The van der Waals surface area contributed by atoms with Gasteiger partial charge in [0.2, 0.25) is 5.75 Å². The Morgan fingerprint density at radius 3 is 2.84 bits per heavy atom. The van der Waals surface area contributed by atoms with Crippen LogP contribution in [0.15, 0.2) is 6.33 Å². The van der Waals surface area contributed by atoms with Gasteiger partial charge in [0.1, 0.15) is 6.33 Å². The van der Waals surface area contributed by atoms with Crippen LogP contribution in [-0.4, -0.2) is 36.7 Å². The van der Waals surface area contributed by atoms with Gasteiger partial charge in [0.05, 0.1) is 7.11 Å². The van der Waals surface area contributed by atoms with Crippen LogP contribution in [-0.2, 0) is 0 Å². The first-order chi connectivity index (χ1) is 9.17. The van der Waals surface area contributed by atoms with Crippen molar-refractivity contribution in [1.82, 2.24) is 9.97 Å². The predicted octanol–water partition coefficient (Wildman–Crippen LogP) is 2.40. The lowest BCUT2D eigenvalue weighted by Gasteiger charge is -2.22. The van der Waals surface area contributed by atoms with Crippen LogP contribution >= 0.6 is 0 Å². The Morgan fingerprint density at radius 1 is 1.47 bits per heavy atom. The van der Waals surface area contributed by atoms with Crippen molar-refractivity contribution in [2.45, 2.75) is 27.2 Å². The molecule has 0 spiro atoms. The first kappa shape index (κ1) is 13.9. The van der Waals surface area contributed by atoms with Crippen molar-refractivity contribution < 1.29 is 4.74 Å². The van der Waals surface area contributed by atoms with Crippen LogP contribution < -0.4 is 15.0 Å². The van der Waals surface area contributed by atoms with Gasteiger partial charge >= 0.3 is 0 Å². The zero-order chi connectivity index (χ0) is 13.8. The second kappa shape index (κ2) is 6.08. The third-order valence-corrected chi connectivity index (χ3v) is 3.80. The van der Waals surface area contributed by atoms with Crippen molar-refractivity contribution >= 4 is 11.6 Å². The number of ether oxygens (including phenoxy) is 1. The van der Waals surface area contributed by atoms with Gasteiger partial charge in [0.25, 0.3) is 0 Å². The van der Waals surface area contributed by atoms with Gasteiger partial charge in [-0.3, -0.25) is 0 Å². The van der Waals surface area contributed by atoms with E-state index in [0.29, 0.717) is 5.92 Å². The average molecular weight is 264 g/mol. The van der Waals surface area contributed by atoms with Crippen LogP contribution in [0.1, 0.15) is 27.2 Å². The number of rotatable bonds is 5. The van der Waals surface area contributed by atoms with Crippen LogP contribution in [0.25, 0.3) is 0 Å². The third-order valence-electron chi connectivity index (χ3n) is 3.80. The molecular formula is C14H24N4O. The van der Waals surface area contributed by atoms with Crippen LogP contribution in [0.2, 0.25) is 0 Å². The molecule has 1 unspecified atom stereocenters. The Balaban J connectivity index is 2.23. The highest BCUT2D eigenvalue weighted by atomic mass is 16.5. The molecule has 1 atom stereocenters. The van der Waals surface area contributed by atoms with Gasteiger partial charge in [0.15, 0.2) is 11.6 Å². The van der Waals surface area contributed by atoms with Gasteiger partial charge in [0, 0.05) is 19.6 Å². The molecule has 19 heavy (non-hydrogen) atoms. The fourth-order valence-corrected chi connectivity index (χ4v) is 2.59. The topological polar surface area (TPSA) is 50.3 Å². The number of methoxy groups -OCH3 is 1. The van der Waals surface area contributed by atoms with E-state index in [1.54, 1.807) is 13.4 Å². The summed E-state index contributed by atoms with van der Waals surface area (Å²) in [5.41, 5.74) is 0. The largest absolute Gasteiger partial charge is 0.490 e. The molecule has 1 aliphatic rings. The molecule has 5 heteroatoms. The Bertz CT molecular complexity index is 422. The molecule has 1 N–H and O–H groups in total. The lowest BCUT2D eigenvalue weighted by Crippen LogP contribution is -2.23. The third kappa shape index (κ3) is 2.91. The minimum atomic E-state index is 0.714. The Kier molecular flexibility index (Phi) is 4.45. The number of anilines is 2. The molecule has 0 aliphatic carbocycles. The number of nitrogens with one attached hydrogen (secondary N) is 1. The molecule has 0 aromatic carbocycles. The van der Waals surface area contributed by atoms with E-state index in [-0.39, 0.29) is 0 Å². The summed E-state index contributed by atoms with van der Waals surface area (Å²) < 4.78 is 5.51. The lowest BCUT2D eigenvalue weighted by molar-refractivity contribution is 0.409. The Hall–Kier alpha value is -1.52. The molecule has 1 aromatic heterocycles. The zero-order valence-corrected chi connectivity index (χ0v) is 12.3. The molecule has 1 fully saturated rings. The maximum atomic E-state index is 5.51. The maximum absolute atomic E-state index is 5.51. The summed E-state index contributed by atoms with van der Waals surface area (Å²) >= 11 is 0. The highest BCUT2D eigenvalue weighted by Gasteiger charge is 2.28. The van der Waals surface area contributed by atoms with Gasteiger partial charge < -0.3 is 15.0 Å². The van der Waals surface area contributed by atoms with E-state index in [9.17, 15) is 0 Å². The fourth-order valence-electron chi connectivity index (χ4n) is 2.59. The summed E-state index contributed by atoms with van der Waals surface area (Å²) in [6.07, 6.45) is 2.83. The highest BCUT2D eigenvalue weighted by Crippen LogP contribution is 2.35. The fraction of sp³-hybridized carbons (Fsp3) is 0.714. The second-order valence-electron chi connectivity index (χ2n) is 5.35. The first-order valence-electron chi connectivity index (χ1n) is 7.05. The Morgan fingerprint density at radius 2 is 2.26 bits per heavy atom. The van der Waals surface area contributed by atoms with E-state index in [1.807, 2.05) is 6.92 Å². The van der Waals surface area contributed by atoms with Crippen molar-refractivity contribution in [3.8, 4) is 5.75 Å². The molecular weight excluding hydrogens is 240 g/mol. The minimum Gasteiger partial charge on any atom is -0.490 e. The minimum absolute atomic E-state index is 0.714. The average Bonchev–Trinajstić information content (AvgIpc) is 2.88. The smallest absolute Gasteiger partial charge is 0.204 e. The molecule has 0 bridgehead atoms. The maximum Gasteiger partial charge on any atom is 0.204 e. The first-order valence-corrected chi connectivity index (χ1v) is 7.05. The molecule has 0 amide bonds. The van der Waals surface area contributed by atoms with Gasteiger partial charge in [-0.25, -0.2) is 9.97 Å². The summed E-state index contributed by atoms with van der Waals surface area (Å²) in [7, 11) is 1.68. The van der Waals surface area contributed by atoms with E-state index in [0.717, 1.165) is 42.9 Å². The molecule has 106 valence electrons. The zero-order valence-electron chi connectivity index (χ0n) is 12.3. The SMILES string of the molecule is CCNc1ncnc(N2CCC(C(C)C)C2)c1OC. The highest BCUT2D eigenvalue weighted by molar-refractivity contribution is 5.65. The van der Waals surface area contributed by atoms with E-state index < -0.39 is 0 Å². The van der Waals surface area contributed by atoms with Crippen molar-refractivity contribution in [2.24, 2.45) is 11.8 Å². The molecule has 1 aliphatic heterocycles. The summed E-state index contributed by atoms with van der Waals surface area (Å²) in [6, 6.07) is 0. The molecule has 5 nitrogen and oxygen atoms in total. The van der Waals surface area contributed by atoms with Crippen molar-refractivity contribution in [3.05, 3.63) is 6.33 Å². The van der Waals surface area contributed by atoms with Gasteiger partial charge in [-0.15, -0.1) is 0 Å². The van der Waals surface area contributed by atoms with Crippen LogP contribution in [0, 0.1) is 11.8 Å². The molecule has 1 saturated heterocycles. The van der Waals surface area contributed by atoms with Gasteiger partial charge in [-0.2, -0.15) is 0 Å². The molecule has 0 radical (unpaired) electrons. The monoisotopic (exact) mass is 264 g/mol. The number of aromatic nitrogens is 2. The summed E-state index contributed by atoms with van der Waals surface area (Å²) in [5, 5.41) is 3.22. The van der Waals surface area contributed by atoms with E-state index in [2.05, 4.69) is 34.0 Å². The second-order valence-corrected chi connectivity index (χ2v) is 5.35. The predicted molar refractivity (Wildman–Crippen MR) is 77.9 cm³/mol. The number of hydrogen-bond donors (Lipinski definition) is 1. The van der Waals surface area contributed by atoms with Crippen molar-refractivity contribution in [1.29, 1.82) is 0 Å². The van der Waals surface area contributed by atoms with Crippen LogP contribution in [0.3, 0.4) is 0 Å². The van der Waals surface area contributed by atoms with E-state index >= 15 is 0 Å². The summed E-state index contributed by atoms with van der Waals surface area (Å²) in [5.74, 6) is 3.90. The quantitative estimate of drug-likeness (QED) is 0.885. The molecule has 1 aromatic rings. The summed E-state index contributed by atoms with van der Waals surface area (Å²) in [6.45, 7) is 9.54. The van der Waals surface area contributed by atoms with E-state index in [1.165, 1.54) is 6.42 Å². The van der Waals surface area contributed by atoms with Gasteiger partial charge in [-0.1, -0.05) is 13.8 Å². The van der Waals surface area contributed by atoms with Crippen molar-refractivity contribution in [2.75, 3.05) is 37.0 Å². The van der Waals surface area contributed by atoms with Crippen molar-refractivity contribution in [3.63, 3.8) is 0 Å².